The van der Waals surface area contributed by atoms with Crippen LogP contribution in [0.3, 0.4) is 0 Å². The van der Waals surface area contributed by atoms with E-state index in [2.05, 4.69) is 18.5 Å². The molecule has 0 N–H and O–H groups in total. The van der Waals surface area contributed by atoms with Crippen molar-refractivity contribution in [3.8, 4) is 0 Å². The van der Waals surface area contributed by atoms with Crippen LogP contribution < -0.4 is 10.6 Å². The van der Waals surface area contributed by atoms with Gasteiger partial charge in [0.25, 0.3) is 0 Å². The van der Waals surface area contributed by atoms with Crippen LogP contribution in [-0.2, 0) is 52.4 Å². The van der Waals surface area contributed by atoms with Crippen LogP contribution in [0.1, 0.15) is 0 Å². The topological polar surface area (TPSA) is 0 Å². The molecule has 0 spiro atoms. The molecule has 2 unspecified atom stereocenters. The minimum absolute atomic E-state index is 0. The standard InChI is InChI=1S/2C6H7P.4C5H5.2Zr/c2*7-6-4-2-1-3-5-6;4*1-2-4-5-3-1;;/h2*1-5H,7H2;4*1-5H;;. The number of benzene rings is 2. The Balaban J connectivity index is 0. The summed E-state index contributed by atoms with van der Waals surface area (Å²) in [6.07, 6.45) is 40.0. The van der Waals surface area contributed by atoms with Crippen molar-refractivity contribution in [1.29, 1.82) is 0 Å². The second-order valence-electron chi connectivity index (χ2n) is 6.67. The van der Waals surface area contributed by atoms with Crippen molar-refractivity contribution < 1.29 is 52.4 Å². The number of rotatable bonds is 0. The molecule has 4 saturated carbocycles. The van der Waals surface area contributed by atoms with Gasteiger partial charge >= 0.3 is 0 Å². The molecule has 4 aliphatic rings. The second kappa shape index (κ2) is 32.3. The minimum Gasteiger partial charge on any atom is -0.106 e. The van der Waals surface area contributed by atoms with Gasteiger partial charge in [-0.1, -0.05) is 60.7 Å². The molecule has 0 saturated heterocycles. The zero-order valence-electron chi connectivity index (χ0n) is 20.5. The molecule has 4 fully saturated rings. The molecule has 2 aromatic rings. The summed E-state index contributed by atoms with van der Waals surface area (Å²) in [5.41, 5.74) is 0. The van der Waals surface area contributed by atoms with Crippen molar-refractivity contribution in [3.63, 3.8) is 0 Å². The Kier molecular flexibility index (Phi) is 35.2. The van der Waals surface area contributed by atoms with Crippen molar-refractivity contribution in [3.05, 3.63) is 189 Å². The quantitative estimate of drug-likeness (QED) is 0.285. The third-order valence-electron chi connectivity index (χ3n) is 3.82. The van der Waals surface area contributed by atoms with Crippen molar-refractivity contribution in [1.82, 2.24) is 0 Å². The molecule has 180 valence electrons. The molecule has 36 heavy (non-hydrogen) atoms. The first-order chi connectivity index (χ1) is 16.8. The third kappa shape index (κ3) is 29.6. The first kappa shape index (κ1) is 39.2. The van der Waals surface area contributed by atoms with Gasteiger partial charge in [-0.05, 0) is 139 Å². The van der Waals surface area contributed by atoms with Crippen molar-refractivity contribution in [2.24, 2.45) is 0 Å². The maximum atomic E-state index is 2.63. The third-order valence-corrected chi connectivity index (χ3v) is 4.59. The molecule has 0 aromatic heterocycles. The van der Waals surface area contributed by atoms with E-state index in [1.807, 2.05) is 189 Å². The maximum Gasteiger partial charge on any atom is 0 e. The van der Waals surface area contributed by atoms with Gasteiger partial charge in [-0.2, -0.15) is 0 Å². The van der Waals surface area contributed by atoms with Crippen LogP contribution in [0.25, 0.3) is 0 Å². The van der Waals surface area contributed by atoms with Crippen LogP contribution in [-0.4, -0.2) is 0 Å². The van der Waals surface area contributed by atoms with Crippen LogP contribution >= 0.6 is 18.5 Å². The summed E-state index contributed by atoms with van der Waals surface area (Å²) in [6, 6.07) is 20.3. The van der Waals surface area contributed by atoms with Crippen molar-refractivity contribution in [2.75, 3.05) is 0 Å². The molecule has 0 heterocycles. The molecule has 0 amide bonds. The second-order valence-corrected chi connectivity index (χ2v) is 8.00. The SMILES string of the molecule is Pc1ccccc1.Pc1ccccc1.[CH]1[CH][CH][CH][CH]1.[CH]1[CH][CH][CH][CH]1.[CH]1[CH][CH][CH][CH]1.[CH]1[CH][CH][CH][CH]1.[Zr].[Zr]. The van der Waals surface area contributed by atoms with E-state index in [1.165, 1.54) is 10.6 Å². The Hall–Kier alpha value is 1.07. The van der Waals surface area contributed by atoms with Gasteiger partial charge in [-0.25, -0.2) is 0 Å². The normalized spacial score (nSPS) is 16.7. The fourth-order valence-electron chi connectivity index (χ4n) is 2.19. The number of hydrogen-bond acceptors (Lipinski definition) is 0. The molecule has 0 nitrogen and oxygen atoms in total. The minimum atomic E-state index is 0. The van der Waals surface area contributed by atoms with Gasteiger partial charge < -0.3 is 0 Å². The Morgan fingerprint density at radius 3 is 0.472 bits per heavy atom. The molecule has 0 aliphatic heterocycles. The largest absolute Gasteiger partial charge is 0.106 e. The first-order valence-corrected chi connectivity index (χ1v) is 12.2. The Morgan fingerprint density at radius 1 is 0.250 bits per heavy atom. The Bertz CT molecular complexity index is 513. The maximum absolute atomic E-state index is 2.63. The van der Waals surface area contributed by atoms with Gasteiger partial charge in [-0.15, -0.1) is 18.5 Å². The van der Waals surface area contributed by atoms with Gasteiger partial charge in [0, 0.05) is 52.4 Å². The molecule has 0 bridgehead atoms. The Labute approximate surface area is 268 Å². The summed E-state index contributed by atoms with van der Waals surface area (Å²) in [4.78, 5) is 0. The fourth-order valence-corrected chi connectivity index (χ4v) is 2.63. The van der Waals surface area contributed by atoms with E-state index in [0.717, 1.165) is 0 Å². The van der Waals surface area contributed by atoms with E-state index < -0.39 is 0 Å². The van der Waals surface area contributed by atoms with E-state index in [0.29, 0.717) is 0 Å². The predicted molar refractivity (Wildman–Crippen MR) is 158 cm³/mol. The monoisotopic (exact) mass is 660 g/mol. The first-order valence-electron chi connectivity index (χ1n) is 11.1. The zero-order chi connectivity index (χ0) is 24.4. The van der Waals surface area contributed by atoms with E-state index in [4.69, 9.17) is 0 Å². The number of hydrogen-bond donors (Lipinski definition) is 0. The summed E-state index contributed by atoms with van der Waals surface area (Å²) >= 11 is 0. The van der Waals surface area contributed by atoms with Gasteiger partial charge in [0.15, 0.2) is 0 Å². The van der Waals surface area contributed by atoms with E-state index in [9.17, 15) is 0 Å². The predicted octanol–water partition coefficient (Wildman–Crippen LogP) is 6.45. The van der Waals surface area contributed by atoms with Crippen LogP contribution in [0.15, 0.2) is 60.7 Å². The van der Waals surface area contributed by atoms with E-state index >= 15 is 0 Å². The van der Waals surface area contributed by atoms with Gasteiger partial charge in [0.05, 0.1) is 0 Å². The van der Waals surface area contributed by atoms with Gasteiger partial charge in [-0.3, -0.25) is 0 Å². The van der Waals surface area contributed by atoms with E-state index in [1.54, 1.807) is 0 Å². The molecule has 6 rings (SSSR count). The Morgan fingerprint density at radius 2 is 0.389 bits per heavy atom. The van der Waals surface area contributed by atoms with Crippen LogP contribution in [0.2, 0.25) is 0 Å². The summed E-state index contributed by atoms with van der Waals surface area (Å²) in [5, 5.41) is 2.48. The molecule has 2 aromatic carbocycles. The smallest absolute Gasteiger partial charge is 0 e. The molecular formula is C32H34P2Zr2. The summed E-state index contributed by atoms with van der Waals surface area (Å²) in [7, 11) is 5.26. The van der Waals surface area contributed by atoms with Crippen molar-refractivity contribution >= 4 is 29.1 Å². The summed E-state index contributed by atoms with van der Waals surface area (Å²) in [6.45, 7) is 0. The summed E-state index contributed by atoms with van der Waals surface area (Å²) < 4.78 is 0. The molecule has 20 radical (unpaired) electrons. The summed E-state index contributed by atoms with van der Waals surface area (Å²) in [5.74, 6) is 0. The zero-order valence-corrected chi connectivity index (χ0v) is 27.7. The van der Waals surface area contributed by atoms with E-state index in [-0.39, 0.29) is 52.4 Å². The van der Waals surface area contributed by atoms with Crippen molar-refractivity contribution in [2.45, 2.75) is 0 Å². The van der Waals surface area contributed by atoms with Crippen LogP contribution in [0, 0.1) is 128 Å². The van der Waals surface area contributed by atoms with Gasteiger partial charge in [0.2, 0.25) is 0 Å². The fraction of sp³-hybridized carbons (Fsp3) is 0. The van der Waals surface area contributed by atoms with Crippen LogP contribution in [0.4, 0.5) is 0 Å². The average Bonchev–Trinajstić information content (AvgIpc) is 3.73. The molecule has 4 heteroatoms. The average molecular weight is 663 g/mol. The molecule has 4 aliphatic carbocycles. The molecule has 2 atom stereocenters. The van der Waals surface area contributed by atoms with Crippen LogP contribution in [0.5, 0.6) is 0 Å². The van der Waals surface area contributed by atoms with Gasteiger partial charge in [0.1, 0.15) is 0 Å². The molecular weight excluding hydrogens is 629 g/mol.